The van der Waals surface area contributed by atoms with Crippen molar-refractivity contribution in [3.63, 3.8) is 0 Å². The van der Waals surface area contributed by atoms with E-state index >= 15 is 0 Å². The lowest BCUT2D eigenvalue weighted by molar-refractivity contribution is -0.188. The first-order valence-corrected chi connectivity index (χ1v) is 12.3. The van der Waals surface area contributed by atoms with E-state index in [1.807, 2.05) is 30.3 Å². The highest BCUT2D eigenvalue weighted by Crippen LogP contribution is 2.49. The number of amides is 3. The summed E-state index contributed by atoms with van der Waals surface area (Å²) in [7, 11) is 0. The van der Waals surface area contributed by atoms with Crippen LogP contribution in [0.3, 0.4) is 0 Å². The summed E-state index contributed by atoms with van der Waals surface area (Å²) in [5.41, 5.74) is 0.307. The number of rotatable bonds is 5. The SMILES string of the molecule is O=C(CN1CCCC1=O)N1CCC2(CC1)CC(N(C(=O)C(F)(F)F)[C@@H]1C[C@H]1c1ccccc1)CO2. The fourth-order valence-electron chi connectivity index (χ4n) is 5.93. The molecule has 1 aromatic rings. The van der Waals surface area contributed by atoms with Crippen LogP contribution in [0.1, 0.15) is 50.0 Å². The molecule has 4 aliphatic rings. The van der Waals surface area contributed by atoms with Gasteiger partial charge in [0.05, 0.1) is 24.8 Å². The number of likely N-dealkylation sites (tertiary alicyclic amines) is 2. The maximum Gasteiger partial charge on any atom is 0.471 e. The van der Waals surface area contributed by atoms with Crippen molar-refractivity contribution < 1.29 is 32.3 Å². The lowest BCUT2D eigenvalue weighted by Crippen LogP contribution is -2.51. The topological polar surface area (TPSA) is 70.2 Å². The van der Waals surface area contributed by atoms with Gasteiger partial charge in [0.25, 0.3) is 0 Å². The van der Waals surface area contributed by atoms with Crippen LogP contribution in [0.2, 0.25) is 0 Å². The van der Waals surface area contributed by atoms with Gasteiger partial charge in [0.15, 0.2) is 0 Å². The van der Waals surface area contributed by atoms with Crippen molar-refractivity contribution in [1.82, 2.24) is 14.7 Å². The van der Waals surface area contributed by atoms with Gasteiger partial charge in [0.1, 0.15) is 0 Å². The smallest absolute Gasteiger partial charge is 0.373 e. The van der Waals surface area contributed by atoms with Gasteiger partial charge < -0.3 is 19.4 Å². The molecule has 3 saturated heterocycles. The molecule has 1 unspecified atom stereocenters. The molecule has 1 saturated carbocycles. The molecular formula is C25H30F3N3O4. The number of ether oxygens (including phenoxy) is 1. The van der Waals surface area contributed by atoms with Gasteiger partial charge in [-0.1, -0.05) is 30.3 Å². The molecule has 3 amide bonds. The summed E-state index contributed by atoms with van der Waals surface area (Å²) in [5.74, 6) is -2.01. The van der Waals surface area contributed by atoms with Crippen molar-refractivity contribution >= 4 is 17.7 Å². The molecule has 190 valence electrons. The first-order chi connectivity index (χ1) is 16.7. The summed E-state index contributed by atoms with van der Waals surface area (Å²) in [6.07, 6.45) is -1.85. The zero-order valence-corrected chi connectivity index (χ0v) is 19.5. The Morgan fingerprint density at radius 1 is 1.11 bits per heavy atom. The molecule has 0 N–H and O–H groups in total. The Balaban J connectivity index is 1.22. The minimum atomic E-state index is -4.94. The van der Waals surface area contributed by atoms with E-state index in [0.717, 1.165) is 16.9 Å². The van der Waals surface area contributed by atoms with E-state index in [9.17, 15) is 27.6 Å². The first-order valence-electron chi connectivity index (χ1n) is 12.3. The Kier molecular flexibility index (Phi) is 6.27. The van der Waals surface area contributed by atoms with Crippen LogP contribution in [0, 0.1) is 0 Å². The van der Waals surface area contributed by atoms with Crippen molar-refractivity contribution in [3.8, 4) is 0 Å². The largest absolute Gasteiger partial charge is 0.471 e. The van der Waals surface area contributed by atoms with Gasteiger partial charge in [-0.05, 0) is 37.7 Å². The second kappa shape index (κ2) is 9.11. The van der Waals surface area contributed by atoms with Gasteiger partial charge in [0, 0.05) is 38.0 Å². The van der Waals surface area contributed by atoms with Gasteiger partial charge >= 0.3 is 12.1 Å². The maximum atomic E-state index is 13.5. The monoisotopic (exact) mass is 493 g/mol. The highest BCUT2D eigenvalue weighted by molar-refractivity contribution is 5.86. The molecule has 0 radical (unpaired) electrons. The number of halogens is 3. The average Bonchev–Trinajstić information content (AvgIpc) is 3.36. The predicted octanol–water partition coefficient (Wildman–Crippen LogP) is 2.71. The zero-order valence-electron chi connectivity index (χ0n) is 19.5. The third kappa shape index (κ3) is 4.90. The van der Waals surface area contributed by atoms with Crippen LogP contribution in [-0.2, 0) is 19.1 Å². The van der Waals surface area contributed by atoms with Crippen molar-refractivity contribution in [3.05, 3.63) is 35.9 Å². The molecule has 3 aliphatic heterocycles. The normalized spacial score (nSPS) is 28.0. The van der Waals surface area contributed by atoms with Gasteiger partial charge in [0.2, 0.25) is 11.8 Å². The van der Waals surface area contributed by atoms with Gasteiger partial charge in [-0.2, -0.15) is 13.2 Å². The van der Waals surface area contributed by atoms with E-state index in [2.05, 4.69) is 0 Å². The molecule has 5 rings (SSSR count). The molecule has 1 aromatic carbocycles. The van der Waals surface area contributed by atoms with Gasteiger partial charge in [-0.15, -0.1) is 0 Å². The summed E-state index contributed by atoms with van der Waals surface area (Å²) in [4.78, 5) is 41.3. The van der Waals surface area contributed by atoms with Crippen LogP contribution in [0.5, 0.6) is 0 Å². The number of hydrogen-bond acceptors (Lipinski definition) is 4. The van der Waals surface area contributed by atoms with Crippen molar-refractivity contribution in [2.75, 3.05) is 32.8 Å². The maximum absolute atomic E-state index is 13.5. The Bertz CT molecular complexity index is 978. The van der Waals surface area contributed by atoms with Crippen molar-refractivity contribution in [1.29, 1.82) is 0 Å². The summed E-state index contributed by atoms with van der Waals surface area (Å²) >= 11 is 0. The highest BCUT2D eigenvalue weighted by atomic mass is 19.4. The van der Waals surface area contributed by atoms with Crippen LogP contribution >= 0.6 is 0 Å². The highest BCUT2D eigenvalue weighted by Gasteiger charge is 2.57. The van der Waals surface area contributed by atoms with Crippen LogP contribution < -0.4 is 0 Å². The molecule has 35 heavy (non-hydrogen) atoms. The number of nitrogens with zero attached hydrogens (tertiary/aromatic N) is 3. The van der Waals surface area contributed by atoms with Gasteiger partial charge in [-0.3, -0.25) is 14.4 Å². The Labute approximate surface area is 202 Å². The molecule has 3 heterocycles. The summed E-state index contributed by atoms with van der Waals surface area (Å²) in [6.45, 7) is 1.59. The molecule has 3 atom stereocenters. The molecule has 0 bridgehead atoms. The number of piperidine rings is 1. The average molecular weight is 494 g/mol. The lowest BCUT2D eigenvalue weighted by Gasteiger charge is -2.39. The lowest BCUT2D eigenvalue weighted by atomic mass is 9.87. The van der Waals surface area contributed by atoms with E-state index in [4.69, 9.17) is 4.74 Å². The number of alkyl halides is 3. The second-order valence-electron chi connectivity index (χ2n) is 10.2. The van der Waals surface area contributed by atoms with Gasteiger partial charge in [-0.25, -0.2) is 0 Å². The third-order valence-electron chi connectivity index (χ3n) is 7.93. The minimum absolute atomic E-state index is 0.00268. The van der Waals surface area contributed by atoms with Crippen molar-refractivity contribution in [2.24, 2.45) is 0 Å². The minimum Gasteiger partial charge on any atom is -0.373 e. The molecule has 10 heteroatoms. The quantitative estimate of drug-likeness (QED) is 0.633. The van der Waals surface area contributed by atoms with E-state index in [1.54, 1.807) is 9.80 Å². The van der Waals surface area contributed by atoms with Crippen molar-refractivity contribution in [2.45, 2.75) is 68.3 Å². The predicted molar refractivity (Wildman–Crippen MR) is 119 cm³/mol. The molecule has 7 nitrogen and oxygen atoms in total. The first kappa shape index (κ1) is 24.1. The van der Waals surface area contributed by atoms with E-state index in [1.165, 1.54) is 0 Å². The number of carbonyl (C=O) groups is 3. The molecule has 1 spiro atoms. The molecular weight excluding hydrogens is 463 g/mol. The standard InChI is InChI=1S/C25H30F3N3O4/c26-25(27,28)23(34)31(20-13-19(20)17-5-2-1-3-6-17)18-14-24(35-16-18)8-11-29(12-9-24)22(33)15-30-10-4-7-21(30)32/h1-3,5-6,18-20H,4,7-16H2/t18?,19-,20+/m0/s1. The third-order valence-corrected chi connectivity index (χ3v) is 7.93. The summed E-state index contributed by atoms with van der Waals surface area (Å²) in [6, 6.07) is 8.19. The van der Waals surface area contributed by atoms with E-state index in [0.29, 0.717) is 51.7 Å². The Morgan fingerprint density at radius 2 is 1.83 bits per heavy atom. The van der Waals surface area contributed by atoms with Crippen LogP contribution in [0.25, 0.3) is 0 Å². The Morgan fingerprint density at radius 3 is 2.46 bits per heavy atom. The molecule has 1 aliphatic carbocycles. The molecule has 0 aromatic heterocycles. The fourth-order valence-corrected chi connectivity index (χ4v) is 5.93. The number of hydrogen-bond donors (Lipinski definition) is 0. The fraction of sp³-hybridized carbons (Fsp3) is 0.640. The van der Waals surface area contributed by atoms with Crippen LogP contribution in [0.15, 0.2) is 30.3 Å². The second-order valence-corrected chi connectivity index (χ2v) is 10.2. The number of carbonyl (C=O) groups excluding carboxylic acids is 3. The van der Waals surface area contributed by atoms with Crippen LogP contribution in [0.4, 0.5) is 13.2 Å². The molecule has 4 fully saturated rings. The summed E-state index contributed by atoms with van der Waals surface area (Å²) < 4.78 is 46.7. The van der Waals surface area contributed by atoms with Crippen LogP contribution in [-0.4, -0.2) is 89.1 Å². The zero-order chi connectivity index (χ0) is 24.8. The van der Waals surface area contributed by atoms with E-state index < -0.39 is 29.8 Å². The number of benzene rings is 1. The summed E-state index contributed by atoms with van der Waals surface area (Å²) in [5, 5.41) is 0. The van der Waals surface area contributed by atoms with E-state index in [-0.39, 0.29) is 30.9 Å². The Hall–Kier alpha value is -2.62.